The third kappa shape index (κ3) is 5.11. The minimum Gasteiger partial charge on any atom is -0.493 e. The summed E-state index contributed by atoms with van der Waals surface area (Å²) in [5, 5.41) is 7.13. The normalized spacial score (nSPS) is 12.8. The maximum absolute atomic E-state index is 5.45. The first-order valence-corrected chi connectivity index (χ1v) is 9.28. The van der Waals surface area contributed by atoms with Crippen molar-refractivity contribution in [1.82, 2.24) is 5.32 Å². The van der Waals surface area contributed by atoms with E-state index in [9.17, 15) is 0 Å². The number of anilines is 1. The highest BCUT2D eigenvalue weighted by molar-refractivity contribution is 7.80. The Morgan fingerprint density at radius 3 is 2.15 bits per heavy atom. The molecule has 2 rings (SSSR count). The van der Waals surface area contributed by atoms with Crippen LogP contribution in [0.1, 0.15) is 50.3 Å². The molecule has 0 bridgehead atoms. The van der Waals surface area contributed by atoms with Crippen LogP contribution in [0, 0.1) is 0 Å². The molecule has 0 fully saturated rings. The minimum atomic E-state index is 0.0363. The molecule has 140 valence electrons. The van der Waals surface area contributed by atoms with E-state index in [-0.39, 0.29) is 6.04 Å². The number of hydrogen-bond acceptors (Lipinski definition) is 3. The highest BCUT2D eigenvalue weighted by Gasteiger charge is 2.11. The Labute approximate surface area is 161 Å². The Kier molecular flexibility index (Phi) is 7.27. The fourth-order valence-electron chi connectivity index (χ4n) is 2.70. The quantitative estimate of drug-likeness (QED) is 0.649. The molecule has 0 saturated carbocycles. The van der Waals surface area contributed by atoms with Gasteiger partial charge in [-0.05, 0) is 66.9 Å². The molecule has 0 aromatic heterocycles. The lowest BCUT2D eigenvalue weighted by atomic mass is 9.99. The first-order valence-electron chi connectivity index (χ1n) is 8.87. The monoisotopic (exact) mass is 372 g/mol. The molecule has 0 radical (unpaired) electrons. The number of benzene rings is 2. The van der Waals surface area contributed by atoms with Gasteiger partial charge in [0.05, 0.1) is 20.3 Å². The van der Waals surface area contributed by atoms with Gasteiger partial charge in [0.1, 0.15) is 0 Å². The zero-order valence-corrected chi connectivity index (χ0v) is 16.9. The summed E-state index contributed by atoms with van der Waals surface area (Å²) in [5.41, 5.74) is 3.39. The van der Waals surface area contributed by atoms with Crippen LogP contribution in [0.4, 0.5) is 5.69 Å². The Bertz CT molecular complexity index is 731. The number of hydrogen-bond donors (Lipinski definition) is 2. The van der Waals surface area contributed by atoms with Gasteiger partial charge in [-0.25, -0.2) is 0 Å². The van der Waals surface area contributed by atoms with E-state index < -0.39 is 0 Å². The second kappa shape index (κ2) is 9.43. The number of ether oxygens (including phenoxy) is 2. The van der Waals surface area contributed by atoms with E-state index in [1.54, 1.807) is 14.2 Å². The second-order valence-corrected chi connectivity index (χ2v) is 6.77. The summed E-state index contributed by atoms with van der Waals surface area (Å²) in [6.07, 6.45) is 1.13. The van der Waals surface area contributed by atoms with E-state index in [0.717, 1.165) is 17.7 Å². The first-order chi connectivity index (χ1) is 12.5. The Morgan fingerprint density at radius 2 is 1.58 bits per heavy atom. The summed E-state index contributed by atoms with van der Waals surface area (Å²) < 4.78 is 10.6. The van der Waals surface area contributed by atoms with E-state index >= 15 is 0 Å². The van der Waals surface area contributed by atoms with E-state index in [2.05, 4.69) is 55.7 Å². The highest BCUT2D eigenvalue weighted by atomic mass is 32.1. The molecule has 0 aliphatic heterocycles. The third-order valence-corrected chi connectivity index (χ3v) is 4.83. The fraction of sp³-hybridized carbons (Fsp3) is 0.381. The lowest BCUT2D eigenvalue weighted by Gasteiger charge is -2.19. The van der Waals surface area contributed by atoms with Crippen molar-refractivity contribution in [2.75, 3.05) is 19.5 Å². The SMILES string of the molecule is CCC(C)c1ccc(NC(=S)NC(C)c2ccc(OC)c(OC)c2)cc1. The second-order valence-electron chi connectivity index (χ2n) is 6.37. The zero-order chi connectivity index (χ0) is 19.1. The molecule has 2 atom stereocenters. The van der Waals surface area contributed by atoms with Crippen molar-refractivity contribution in [3.8, 4) is 11.5 Å². The lowest BCUT2D eigenvalue weighted by molar-refractivity contribution is 0.354. The summed E-state index contributed by atoms with van der Waals surface area (Å²) in [6.45, 7) is 6.49. The zero-order valence-electron chi connectivity index (χ0n) is 16.1. The van der Waals surface area contributed by atoms with Crippen molar-refractivity contribution in [1.29, 1.82) is 0 Å². The Morgan fingerprint density at radius 1 is 0.962 bits per heavy atom. The predicted molar refractivity (Wildman–Crippen MR) is 112 cm³/mol. The molecular formula is C21H28N2O2S. The van der Waals surface area contributed by atoms with Gasteiger partial charge < -0.3 is 20.1 Å². The fourth-order valence-corrected chi connectivity index (χ4v) is 2.99. The molecule has 0 amide bonds. The van der Waals surface area contributed by atoms with Crippen LogP contribution in [0.15, 0.2) is 42.5 Å². The molecule has 2 N–H and O–H groups in total. The average molecular weight is 373 g/mol. The van der Waals surface area contributed by atoms with Gasteiger partial charge in [-0.1, -0.05) is 32.0 Å². The molecule has 2 aromatic carbocycles. The highest BCUT2D eigenvalue weighted by Crippen LogP contribution is 2.30. The largest absolute Gasteiger partial charge is 0.493 e. The van der Waals surface area contributed by atoms with Gasteiger partial charge in [0.2, 0.25) is 0 Å². The van der Waals surface area contributed by atoms with Crippen molar-refractivity contribution in [3.05, 3.63) is 53.6 Å². The Balaban J connectivity index is 1.98. The summed E-state index contributed by atoms with van der Waals surface area (Å²) in [4.78, 5) is 0. The van der Waals surface area contributed by atoms with E-state index in [1.807, 2.05) is 18.2 Å². The summed E-state index contributed by atoms with van der Waals surface area (Å²) in [5.74, 6) is 1.99. The van der Waals surface area contributed by atoms with Gasteiger partial charge in [-0.3, -0.25) is 0 Å². The molecule has 0 heterocycles. The molecule has 26 heavy (non-hydrogen) atoms. The predicted octanol–water partition coefficient (Wildman–Crippen LogP) is 5.26. The van der Waals surface area contributed by atoms with Crippen LogP contribution in [0.25, 0.3) is 0 Å². The third-order valence-electron chi connectivity index (χ3n) is 4.61. The van der Waals surface area contributed by atoms with E-state index in [0.29, 0.717) is 22.5 Å². The van der Waals surface area contributed by atoms with Crippen molar-refractivity contribution < 1.29 is 9.47 Å². The number of nitrogens with one attached hydrogen (secondary N) is 2. The van der Waals surface area contributed by atoms with Gasteiger partial charge in [-0.15, -0.1) is 0 Å². The molecule has 0 saturated heterocycles. The molecule has 5 heteroatoms. The van der Waals surface area contributed by atoms with Gasteiger partial charge in [0.25, 0.3) is 0 Å². The molecule has 0 spiro atoms. The first kappa shape index (κ1) is 20.0. The number of rotatable bonds is 7. The minimum absolute atomic E-state index is 0.0363. The van der Waals surface area contributed by atoms with Gasteiger partial charge in [0.15, 0.2) is 16.6 Å². The summed E-state index contributed by atoms with van der Waals surface area (Å²) in [7, 11) is 3.26. The topological polar surface area (TPSA) is 42.5 Å². The van der Waals surface area contributed by atoms with E-state index in [4.69, 9.17) is 21.7 Å². The van der Waals surface area contributed by atoms with E-state index in [1.165, 1.54) is 5.56 Å². The van der Waals surface area contributed by atoms with Crippen LogP contribution < -0.4 is 20.1 Å². The maximum Gasteiger partial charge on any atom is 0.171 e. The molecular weight excluding hydrogens is 344 g/mol. The summed E-state index contributed by atoms with van der Waals surface area (Å²) >= 11 is 5.45. The van der Waals surface area contributed by atoms with Crippen LogP contribution in [0.5, 0.6) is 11.5 Å². The van der Waals surface area contributed by atoms with Gasteiger partial charge >= 0.3 is 0 Å². The van der Waals surface area contributed by atoms with Crippen LogP contribution in [0.2, 0.25) is 0 Å². The van der Waals surface area contributed by atoms with Gasteiger partial charge in [0, 0.05) is 5.69 Å². The van der Waals surface area contributed by atoms with Crippen LogP contribution in [-0.4, -0.2) is 19.3 Å². The van der Waals surface area contributed by atoms with Crippen LogP contribution in [0.3, 0.4) is 0 Å². The van der Waals surface area contributed by atoms with Gasteiger partial charge in [-0.2, -0.15) is 0 Å². The standard InChI is InChI=1S/C21H28N2O2S/c1-6-14(2)16-7-10-18(11-8-16)23-21(26)22-15(3)17-9-12-19(24-4)20(13-17)25-5/h7-15H,6H2,1-5H3,(H2,22,23,26). The number of methoxy groups -OCH3 is 2. The maximum atomic E-state index is 5.45. The average Bonchev–Trinajstić information content (AvgIpc) is 2.67. The smallest absolute Gasteiger partial charge is 0.171 e. The molecule has 0 aliphatic rings. The van der Waals surface area contributed by atoms with Crippen molar-refractivity contribution >= 4 is 23.0 Å². The van der Waals surface area contributed by atoms with Crippen molar-refractivity contribution in [2.24, 2.45) is 0 Å². The Hall–Kier alpha value is -2.27. The van der Waals surface area contributed by atoms with Crippen molar-refractivity contribution in [2.45, 2.75) is 39.2 Å². The van der Waals surface area contributed by atoms with Crippen molar-refractivity contribution in [3.63, 3.8) is 0 Å². The lowest BCUT2D eigenvalue weighted by Crippen LogP contribution is -2.30. The molecule has 0 aliphatic carbocycles. The number of thiocarbonyl (C=S) groups is 1. The van der Waals surface area contributed by atoms with Crippen LogP contribution in [-0.2, 0) is 0 Å². The molecule has 4 nitrogen and oxygen atoms in total. The molecule has 2 unspecified atom stereocenters. The summed E-state index contributed by atoms with van der Waals surface area (Å²) in [6, 6.07) is 14.3. The molecule has 2 aromatic rings. The van der Waals surface area contributed by atoms with Crippen LogP contribution >= 0.6 is 12.2 Å².